The maximum absolute atomic E-state index is 14.3. The molecule has 2 aromatic heterocycles. The lowest BCUT2D eigenvalue weighted by Crippen LogP contribution is -2.46. The Morgan fingerprint density at radius 1 is 1.09 bits per heavy atom. The number of hydrogen-bond acceptors (Lipinski definition) is 5. The minimum Gasteiger partial charge on any atom is -0.408 e. The van der Waals surface area contributed by atoms with Crippen molar-refractivity contribution >= 4 is 22.7 Å². The maximum atomic E-state index is 14.3. The zero-order valence-corrected chi connectivity index (χ0v) is 17.6. The van der Waals surface area contributed by atoms with Crippen LogP contribution in [0.1, 0.15) is 24.0 Å². The molecule has 4 rings (SSSR count). The molecule has 0 saturated heterocycles. The first-order chi connectivity index (χ1) is 15.0. The van der Waals surface area contributed by atoms with E-state index in [4.69, 9.17) is 16.0 Å². The van der Waals surface area contributed by atoms with Crippen LogP contribution in [0.4, 0.5) is 13.2 Å². The van der Waals surface area contributed by atoms with Crippen LogP contribution >= 0.6 is 11.6 Å². The van der Waals surface area contributed by atoms with Crippen molar-refractivity contribution in [2.24, 2.45) is 7.05 Å². The number of rotatable bonds is 4. The minimum atomic E-state index is -5.04. The highest BCUT2D eigenvalue weighted by molar-refractivity contribution is 6.31. The quantitative estimate of drug-likeness (QED) is 0.470. The third-order valence-electron chi connectivity index (χ3n) is 5.65. The Morgan fingerprint density at radius 2 is 1.78 bits per heavy atom. The molecule has 0 aliphatic carbocycles. The molecule has 0 fully saturated rings. The van der Waals surface area contributed by atoms with E-state index in [2.05, 4.69) is 9.97 Å². The Kier molecular flexibility index (Phi) is 5.34. The van der Waals surface area contributed by atoms with Gasteiger partial charge in [0.05, 0.1) is 5.52 Å². The molecule has 4 aromatic rings. The predicted molar refractivity (Wildman–Crippen MR) is 112 cm³/mol. The number of fused-ring (bicyclic) bond motifs is 1. The summed E-state index contributed by atoms with van der Waals surface area (Å²) in [6.07, 6.45) is -0.577. The Morgan fingerprint density at radius 3 is 2.41 bits per heavy atom. The van der Waals surface area contributed by atoms with E-state index in [9.17, 15) is 23.1 Å². The number of alkyl halides is 3. The Bertz CT molecular complexity index is 1350. The lowest BCUT2D eigenvalue weighted by Gasteiger charge is -2.37. The van der Waals surface area contributed by atoms with Crippen molar-refractivity contribution in [3.05, 3.63) is 81.8 Å². The van der Waals surface area contributed by atoms with Gasteiger partial charge in [0, 0.05) is 35.9 Å². The number of aliphatic hydroxyl groups is 1. The number of halogens is 4. The molecule has 0 aliphatic rings. The van der Waals surface area contributed by atoms with Crippen molar-refractivity contribution in [1.82, 2.24) is 14.5 Å². The van der Waals surface area contributed by atoms with Crippen molar-refractivity contribution < 1.29 is 22.7 Å². The molecule has 0 bridgehead atoms. The lowest BCUT2D eigenvalue weighted by atomic mass is 9.77. The van der Waals surface area contributed by atoms with Crippen LogP contribution in [0.3, 0.4) is 0 Å². The lowest BCUT2D eigenvalue weighted by molar-refractivity contribution is -0.274. The van der Waals surface area contributed by atoms with E-state index in [1.807, 2.05) is 0 Å². The number of benzene rings is 2. The van der Waals surface area contributed by atoms with Gasteiger partial charge in [-0.15, -0.1) is 0 Å². The van der Waals surface area contributed by atoms with Gasteiger partial charge in [-0.3, -0.25) is 4.57 Å². The molecule has 166 valence electrons. The largest absolute Gasteiger partial charge is 0.422 e. The molecule has 0 radical (unpaired) electrons. The molecule has 2 heterocycles. The topological polar surface area (TPSA) is 81.2 Å². The summed E-state index contributed by atoms with van der Waals surface area (Å²) in [4.78, 5) is 19.6. The third-order valence-corrected chi connectivity index (χ3v) is 5.98. The van der Waals surface area contributed by atoms with Crippen LogP contribution in [0, 0.1) is 0 Å². The molecule has 2 atom stereocenters. The molecule has 0 unspecified atom stereocenters. The fourth-order valence-corrected chi connectivity index (χ4v) is 4.10. The number of oxazole rings is 1. The van der Waals surface area contributed by atoms with E-state index in [0.717, 1.165) is 16.7 Å². The van der Waals surface area contributed by atoms with Gasteiger partial charge in [-0.05, 0) is 34.9 Å². The van der Waals surface area contributed by atoms with Crippen LogP contribution in [-0.4, -0.2) is 25.8 Å². The zero-order chi connectivity index (χ0) is 23.3. The Labute approximate surface area is 184 Å². The van der Waals surface area contributed by atoms with Gasteiger partial charge >= 0.3 is 11.9 Å². The van der Waals surface area contributed by atoms with Crippen molar-refractivity contribution in [3.63, 3.8) is 0 Å². The fourth-order valence-electron chi connectivity index (χ4n) is 3.75. The monoisotopic (exact) mass is 463 g/mol. The van der Waals surface area contributed by atoms with Gasteiger partial charge in [-0.25, -0.2) is 14.8 Å². The summed E-state index contributed by atoms with van der Waals surface area (Å²) in [5.74, 6) is -2.19. The van der Waals surface area contributed by atoms with E-state index >= 15 is 0 Å². The number of nitrogens with zero attached hydrogens (tertiary/aromatic N) is 3. The minimum absolute atomic E-state index is 0.0540. The average Bonchev–Trinajstić information content (AvgIpc) is 3.05. The molecule has 0 amide bonds. The van der Waals surface area contributed by atoms with E-state index in [1.54, 1.807) is 18.5 Å². The van der Waals surface area contributed by atoms with Crippen molar-refractivity contribution in [1.29, 1.82) is 0 Å². The Balaban J connectivity index is 1.83. The van der Waals surface area contributed by atoms with Gasteiger partial charge in [0.25, 0.3) is 0 Å². The zero-order valence-electron chi connectivity index (χ0n) is 16.9. The average molecular weight is 464 g/mol. The molecule has 0 aliphatic heterocycles. The first kappa shape index (κ1) is 22.0. The molecule has 1 N–H and O–H groups in total. The van der Waals surface area contributed by atoms with Crippen molar-refractivity contribution in [2.75, 3.05) is 0 Å². The highest BCUT2D eigenvalue weighted by Gasteiger charge is 2.59. The number of aryl methyl sites for hydroxylation is 1. The van der Waals surface area contributed by atoms with Gasteiger partial charge in [0.15, 0.2) is 11.2 Å². The molecule has 10 heteroatoms. The number of aromatic nitrogens is 3. The summed E-state index contributed by atoms with van der Waals surface area (Å²) in [6, 6.07) is 7.97. The van der Waals surface area contributed by atoms with Gasteiger partial charge < -0.3 is 9.52 Å². The van der Waals surface area contributed by atoms with Crippen molar-refractivity contribution in [3.8, 4) is 11.1 Å². The van der Waals surface area contributed by atoms with E-state index in [0.29, 0.717) is 11.1 Å². The molecule has 0 saturated carbocycles. The molecular weight excluding hydrogens is 447 g/mol. The SMILES string of the molecule is C[C@H](c1ccc(-c2cncnc2)cc1Cl)[C@@](O)(c1ccc2oc(=O)n(C)c2c1)C(F)(F)F. The van der Waals surface area contributed by atoms with Gasteiger partial charge in [-0.1, -0.05) is 36.7 Å². The summed E-state index contributed by atoms with van der Waals surface area (Å²) in [5, 5.41) is 11.1. The van der Waals surface area contributed by atoms with Crippen LogP contribution < -0.4 is 5.76 Å². The normalized spacial score (nSPS) is 15.0. The molecule has 32 heavy (non-hydrogen) atoms. The summed E-state index contributed by atoms with van der Waals surface area (Å²) in [5.41, 5.74) is -2.09. The highest BCUT2D eigenvalue weighted by atomic mass is 35.5. The van der Waals surface area contributed by atoms with Crippen molar-refractivity contribution in [2.45, 2.75) is 24.6 Å². The second-order valence-corrected chi connectivity index (χ2v) is 7.87. The van der Waals surface area contributed by atoms with Crippen LogP contribution in [0.5, 0.6) is 0 Å². The van der Waals surface area contributed by atoms with E-state index in [-0.39, 0.29) is 21.7 Å². The summed E-state index contributed by atoms with van der Waals surface area (Å²) < 4.78 is 49.0. The molecule has 0 spiro atoms. The van der Waals surface area contributed by atoms with Gasteiger partial charge in [-0.2, -0.15) is 13.2 Å². The van der Waals surface area contributed by atoms with Crippen LogP contribution in [-0.2, 0) is 12.6 Å². The predicted octanol–water partition coefficient (Wildman–Crippen LogP) is 4.80. The second-order valence-electron chi connectivity index (χ2n) is 7.46. The summed E-state index contributed by atoms with van der Waals surface area (Å²) in [7, 11) is 1.37. The van der Waals surface area contributed by atoms with E-state index in [1.165, 1.54) is 38.5 Å². The molecule has 6 nitrogen and oxygen atoms in total. The van der Waals surface area contributed by atoms with E-state index < -0.39 is 29.0 Å². The smallest absolute Gasteiger partial charge is 0.408 e. The Hall–Kier alpha value is -3.17. The first-order valence-electron chi connectivity index (χ1n) is 9.48. The fraction of sp³-hybridized carbons (Fsp3) is 0.227. The van der Waals surface area contributed by atoms with Crippen LogP contribution in [0.25, 0.3) is 22.2 Å². The molecular formula is C22H17ClF3N3O3. The summed E-state index contributed by atoms with van der Waals surface area (Å²) in [6.45, 7) is 1.25. The molecule has 2 aromatic carbocycles. The van der Waals surface area contributed by atoms with Crippen LogP contribution in [0.15, 0.2) is 64.3 Å². The second kappa shape index (κ2) is 7.75. The van der Waals surface area contributed by atoms with Crippen LogP contribution in [0.2, 0.25) is 5.02 Å². The van der Waals surface area contributed by atoms with Gasteiger partial charge in [0.1, 0.15) is 6.33 Å². The number of hydrogen-bond donors (Lipinski definition) is 1. The van der Waals surface area contributed by atoms with Gasteiger partial charge in [0.2, 0.25) is 0 Å². The highest BCUT2D eigenvalue weighted by Crippen LogP contribution is 2.50. The first-order valence-corrected chi connectivity index (χ1v) is 9.86. The standard InChI is InChI=1S/C22H17ClF3N3O3/c1-12(16-5-3-13(7-17(16)23)14-9-27-11-28-10-14)21(31,22(24,25)26)15-4-6-19-18(8-15)29(2)20(30)32-19/h3-12,31H,1-2H3/t12-,21-/m1/s1. The maximum Gasteiger partial charge on any atom is 0.422 e. The third kappa shape index (κ3) is 3.47. The summed E-state index contributed by atoms with van der Waals surface area (Å²) >= 11 is 6.36.